The summed E-state index contributed by atoms with van der Waals surface area (Å²) in [7, 11) is 4.76. The largest absolute Gasteiger partial charge is 0.493 e. The van der Waals surface area contributed by atoms with Crippen LogP contribution in [0, 0.1) is 0 Å². The van der Waals surface area contributed by atoms with Crippen molar-refractivity contribution in [1.82, 2.24) is 4.98 Å². The molecule has 0 spiro atoms. The second-order valence-corrected chi connectivity index (χ2v) is 7.47. The number of allylic oxidation sites excluding steroid dienone is 1. The van der Waals surface area contributed by atoms with Crippen LogP contribution in [0.3, 0.4) is 0 Å². The second kappa shape index (κ2) is 10.4. The van der Waals surface area contributed by atoms with Gasteiger partial charge in [-0.1, -0.05) is 48.6 Å². The maximum atomic E-state index is 12.7. The number of nitrogens with one attached hydrogen (secondary N) is 2. The van der Waals surface area contributed by atoms with Crippen molar-refractivity contribution in [3.05, 3.63) is 95.8 Å². The number of hydrogen-bond acceptors (Lipinski definition) is 5. The maximum Gasteiger partial charge on any atom is 0.203 e. The number of aromatic amines is 1. The molecule has 0 saturated carbocycles. The van der Waals surface area contributed by atoms with Crippen LogP contribution in [-0.2, 0) is 0 Å². The van der Waals surface area contributed by atoms with E-state index in [-0.39, 0.29) is 5.78 Å². The molecular formula is C28H26N2O4. The highest BCUT2D eigenvalue weighted by Gasteiger charge is 2.12. The van der Waals surface area contributed by atoms with Gasteiger partial charge in [0, 0.05) is 40.6 Å². The van der Waals surface area contributed by atoms with Gasteiger partial charge in [-0.25, -0.2) is 0 Å². The summed E-state index contributed by atoms with van der Waals surface area (Å²) in [6.07, 6.45) is 8.89. The third kappa shape index (κ3) is 4.81. The molecule has 0 unspecified atom stereocenters. The first-order valence-electron chi connectivity index (χ1n) is 10.7. The number of fused-ring (bicyclic) bond motifs is 1. The van der Waals surface area contributed by atoms with E-state index < -0.39 is 0 Å². The molecule has 1 heterocycles. The highest BCUT2D eigenvalue weighted by Crippen LogP contribution is 2.38. The van der Waals surface area contributed by atoms with Crippen LogP contribution in [0.15, 0.2) is 79.1 Å². The number of anilines is 1. The van der Waals surface area contributed by atoms with Gasteiger partial charge in [-0.2, -0.15) is 0 Å². The third-order valence-electron chi connectivity index (χ3n) is 5.43. The number of para-hydroxylation sites is 2. The van der Waals surface area contributed by atoms with Crippen molar-refractivity contribution in [3.8, 4) is 17.2 Å². The molecule has 2 N–H and O–H groups in total. The number of carbonyl (C=O) groups is 1. The summed E-state index contributed by atoms with van der Waals surface area (Å²) in [6.45, 7) is 0. The first kappa shape index (κ1) is 22.7. The molecule has 6 heteroatoms. The van der Waals surface area contributed by atoms with Gasteiger partial charge < -0.3 is 24.5 Å². The quantitative estimate of drug-likeness (QED) is 0.180. The van der Waals surface area contributed by atoms with Crippen molar-refractivity contribution < 1.29 is 19.0 Å². The van der Waals surface area contributed by atoms with E-state index in [9.17, 15) is 4.79 Å². The molecule has 0 atom stereocenters. The first-order chi connectivity index (χ1) is 16.6. The van der Waals surface area contributed by atoms with Crippen LogP contribution in [0.4, 0.5) is 5.69 Å². The van der Waals surface area contributed by atoms with E-state index in [1.807, 2.05) is 72.8 Å². The van der Waals surface area contributed by atoms with Crippen LogP contribution < -0.4 is 19.5 Å². The van der Waals surface area contributed by atoms with E-state index in [2.05, 4.69) is 10.3 Å². The van der Waals surface area contributed by atoms with Crippen LogP contribution in [0.5, 0.6) is 17.2 Å². The Morgan fingerprint density at radius 3 is 2.32 bits per heavy atom. The zero-order valence-corrected chi connectivity index (χ0v) is 19.3. The van der Waals surface area contributed by atoms with Gasteiger partial charge in [0.2, 0.25) is 5.75 Å². The second-order valence-electron chi connectivity index (χ2n) is 7.47. The molecular weight excluding hydrogens is 428 g/mol. The van der Waals surface area contributed by atoms with Gasteiger partial charge >= 0.3 is 0 Å². The first-order valence-corrected chi connectivity index (χ1v) is 10.7. The van der Waals surface area contributed by atoms with Crippen LogP contribution >= 0.6 is 0 Å². The van der Waals surface area contributed by atoms with Crippen LogP contribution in [0.25, 0.3) is 23.1 Å². The molecule has 6 nitrogen and oxygen atoms in total. The zero-order chi connectivity index (χ0) is 23.9. The molecule has 4 aromatic rings. The molecule has 0 saturated heterocycles. The summed E-state index contributed by atoms with van der Waals surface area (Å²) in [5.74, 6) is 1.66. The van der Waals surface area contributed by atoms with Crippen LogP contribution in [0.1, 0.15) is 21.5 Å². The molecule has 0 amide bonds. The molecule has 0 fully saturated rings. The zero-order valence-electron chi connectivity index (χ0n) is 19.3. The summed E-state index contributed by atoms with van der Waals surface area (Å²) >= 11 is 0. The van der Waals surface area contributed by atoms with Crippen molar-refractivity contribution in [2.75, 3.05) is 26.6 Å². The summed E-state index contributed by atoms with van der Waals surface area (Å²) in [5.41, 5.74) is 4.31. The Kier molecular flexibility index (Phi) is 6.98. The van der Waals surface area contributed by atoms with E-state index in [0.29, 0.717) is 22.8 Å². The Labute approximate surface area is 198 Å². The Morgan fingerprint density at radius 2 is 1.59 bits per heavy atom. The molecule has 0 aliphatic heterocycles. The smallest absolute Gasteiger partial charge is 0.203 e. The fourth-order valence-corrected chi connectivity index (χ4v) is 3.73. The van der Waals surface area contributed by atoms with Gasteiger partial charge in [0.25, 0.3) is 0 Å². The number of methoxy groups -OCH3 is 3. The number of H-pyrrole nitrogens is 1. The topological polar surface area (TPSA) is 72.6 Å². The molecule has 0 bridgehead atoms. The maximum absolute atomic E-state index is 12.7. The number of aromatic nitrogens is 1. The molecule has 3 aromatic carbocycles. The molecule has 1 aromatic heterocycles. The monoisotopic (exact) mass is 454 g/mol. The lowest BCUT2D eigenvalue weighted by Gasteiger charge is -2.13. The third-order valence-corrected chi connectivity index (χ3v) is 5.43. The molecule has 34 heavy (non-hydrogen) atoms. The van der Waals surface area contributed by atoms with Crippen molar-refractivity contribution in [1.29, 1.82) is 0 Å². The van der Waals surface area contributed by atoms with Gasteiger partial charge in [0.05, 0.1) is 21.3 Å². The van der Waals surface area contributed by atoms with E-state index >= 15 is 0 Å². The fraction of sp³-hybridized carbons (Fsp3) is 0.107. The predicted molar refractivity (Wildman–Crippen MR) is 137 cm³/mol. The molecule has 0 radical (unpaired) electrons. The van der Waals surface area contributed by atoms with Gasteiger partial charge in [0.1, 0.15) is 0 Å². The SMILES string of the molecule is COc1cc(/C=C/c2ccccc2N/C=C\C(=O)c2c[nH]c3ccccc23)cc(OC)c1OC. The van der Waals surface area contributed by atoms with E-state index in [1.54, 1.807) is 33.7 Å². The molecule has 4 rings (SSSR count). The Balaban J connectivity index is 1.52. The summed E-state index contributed by atoms with van der Waals surface area (Å²) in [6, 6.07) is 19.4. The number of ketones is 1. The highest BCUT2D eigenvalue weighted by molar-refractivity contribution is 6.13. The highest BCUT2D eigenvalue weighted by atomic mass is 16.5. The number of ether oxygens (including phenoxy) is 3. The number of benzene rings is 3. The molecule has 0 aliphatic rings. The Bertz CT molecular complexity index is 1340. The minimum Gasteiger partial charge on any atom is -0.493 e. The lowest BCUT2D eigenvalue weighted by Crippen LogP contribution is -1.96. The van der Waals surface area contributed by atoms with Crippen molar-refractivity contribution >= 4 is 34.5 Å². The number of carbonyl (C=O) groups excluding carboxylic acids is 1. The van der Waals surface area contributed by atoms with E-state index in [0.717, 1.165) is 27.7 Å². The lowest BCUT2D eigenvalue weighted by atomic mass is 10.1. The van der Waals surface area contributed by atoms with Crippen molar-refractivity contribution in [2.24, 2.45) is 0 Å². The average molecular weight is 455 g/mol. The minimum absolute atomic E-state index is 0.0737. The normalized spacial score (nSPS) is 11.3. The number of rotatable bonds is 9. The lowest BCUT2D eigenvalue weighted by molar-refractivity contribution is 0.104. The minimum atomic E-state index is -0.0737. The molecule has 0 aliphatic carbocycles. The van der Waals surface area contributed by atoms with E-state index in [1.165, 1.54) is 6.08 Å². The van der Waals surface area contributed by atoms with Gasteiger partial charge in [0.15, 0.2) is 17.3 Å². The predicted octanol–water partition coefficient (Wildman–Crippen LogP) is 6.17. The van der Waals surface area contributed by atoms with Crippen molar-refractivity contribution in [3.63, 3.8) is 0 Å². The Morgan fingerprint density at radius 1 is 0.882 bits per heavy atom. The number of hydrogen-bond donors (Lipinski definition) is 2. The van der Waals surface area contributed by atoms with Gasteiger partial charge in [-0.3, -0.25) is 4.79 Å². The fourth-order valence-electron chi connectivity index (χ4n) is 3.73. The summed E-state index contributed by atoms with van der Waals surface area (Å²) < 4.78 is 16.3. The standard InChI is InChI=1S/C28H26N2O4/c1-32-26-16-19(17-27(33-2)28(26)34-3)12-13-20-8-4-6-10-23(20)29-15-14-25(31)22-18-30-24-11-7-5-9-21(22)24/h4-18,29-30H,1-3H3/b13-12+,15-14-. The molecule has 172 valence electrons. The van der Waals surface area contributed by atoms with Gasteiger partial charge in [-0.05, 0) is 35.4 Å². The summed E-state index contributed by atoms with van der Waals surface area (Å²) in [4.78, 5) is 15.8. The van der Waals surface area contributed by atoms with Crippen LogP contribution in [-0.4, -0.2) is 32.1 Å². The van der Waals surface area contributed by atoms with Gasteiger partial charge in [-0.15, -0.1) is 0 Å². The van der Waals surface area contributed by atoms with Crippen molar-refractivity contribution in [2.45, 2.75) is 0 Å². The van der Waals surface area contributed by atoms with Crippen LogP contribution in [0.2, 0.25) is 0 Å². The van der Waals surface area contributed by atoms with E-state index in [4.69, 9.17) is 14.2 Å². The average Bonchev–Trinajstić information content (AvgIpc) is 3.31. The summed E-state index contributed by atoms with van der Waals surface area (Å²) in [5, 5.41) is 4.13. The Hall–Kier alpha value is -4.45.